The molecule has 1 aliphatic carbocycles. The van der Waals surface area contributed by atoms with Gasteiger partial charge in [0.1, 0.15) is 11.2 Å². The largest absolute Gasteiger partial charge is 0.455 e. The summed E-state index contributed by atoms with van der Waals surface area (Å²) in [5.74, 6) is 0. The quantitative estimate of drug-likeness (QED) is 0.175. The van der Waals surface area contributed by atoms with Crippen molar-refractivity contribution in [2.24, 2.45) is 0 Å². The number of rotatable bonds is 5. The Balaban J connectivity index is 1.07. The minimum Gasteiger partial charge on any atom is -0.455 e. The fourth-order valence-corrected chi connectivity index (χ4v) is 9.86. The smallest absolute Gasteiger partial charge is 0.143 e. The summed E-state index contributed by atoms with van der Waals surface area (Å²) in [6, 6.07) is 70.7. The number of hydrogen-bond donors (Lipinski definition) is 0. The number of hydrogen-bond acceptors (Lipinski definition) is 2. The van der Waals surface area contributed by atoms with Crippen LogP contribution < -0.4 is 4.90 Å². The number of aromatic nitrogens is 1. The highest BCUT2D eigenvalue weighted by Crippen LogP contribution is 2.51. The van der Waals surface area contributed by atoms with Gasteiger partial charge in [-0.05, 0) is 82.4 Å². The summed E-state index contributed by atoms with van der Waals surface area (Å²) < 4.78 is 8.91. The summed E-state index contributed by atoms with van der Waals surface area (Å²) in [5, 5.41) is 7.16. The highest BCUT2D eigenvalue weighted by molar-refractivity contribution is 6.12. The van der Waals surface area contributed by atoms with Gasteiger partial charge in [0.2, 0.25) is 0 Å². The second-order valence-corrected chi connectivity index (χ2v) is 16.1. The molecule has 0 saturated carbocycles. The SMILES string of the molecule is CC1(C)c2ccccc2-c2ccc(N(c3ccc(-c4cccc5c4oc4ccccc45)cc3)c3ccc(-n4c5ccccc5c5ccccc54)c4ccccc34)cc21. The molecule has 0 atom stereocenters. The van der Waals surface area contributed by atoms with E-state index in [2.05, 4.69) is 205 Å². The number of nitrogens with zero attached hydrogens (tertiary/aromatic N) is 2. The lowest BCUT2D eigenvalue weighted by atomic mass is 9.82. The fraction of sp³-hybridized carbons (Fsp3) is 0.0545. The van der Waals surface area contributed by atoms with Gasteiger partial charge in [0.25, 0.3) is 0 Å². The molecule has 0 bridgehead atoms. The molecule has 2 heterocycles. The lowest BCUT2D eigenvalue weighted by molar-refractivity contribution is 0.660. The first-order valence-corrected chi connectivity index (χ1v) is 20.1. The van der Waals surface area contributed by atoms with Gasteiger partial charge in [-0.25, -0.2) is 0 Å². The van der Waals surface area contributed by atoms with Gasteiger partial charge < -0.3 is 13.9 Å². The summed E-state index contributed by atoms with van der Waals surface area (Å²) >= 11 is 0. The van der Waals surface area contributed by atoms with Gasteiger partial charge in [-0.3, -0.25) is 0 Å². The number of para-hydroxylation sites is 4. The van der Waals surface area contributed by atoms with Crippen LogP contribution in [0.4, 0.5) is 17.1 Å². The van der Waals surface area contributed by atoms with Crippen molar-refractivity contribution < 1.29 is 4.42 Å². The minimum absolute atomic E-state index is 0.134. The highest BCUT2D eigenvalue weighted by Gasteiger charge is 2.36. The number of furan rings is 1. The van der Waals surface area contributed by atoms with E-state index < -0.39 is 0 Å². The third kappa shape index (κ3) is 4.68. The van der Waals surface area contributed by atoms with E-state index >= 15 is 0 Å². The lowest BCUT2D eigenvalue weighted by Crippen LogP contribution is -2.16. The molecule has 0 radical (unpaired) electrons. The van der Waals surface area contributed by atoms with Crippen molar-refractivity contribution >= 4 is 71.6 Å². The summed E-state index contributed by atoms with van der Waals surface area (Å²) in [7, 11) is 0. The van der Waals surface area contributed by atoms with Crippen LogP contribution >= 0.6 is 0 Å². The van der Waals surface area contributed by atoms with Crippen molar-refractivity contribution in [3.63, 3.8) is 0 Å². The average molecular weight is 743 g/mol. The van der Waals surface area contributed by atoms with Crippen LogP contribution in [0.2, 0.25) is 0 Å². The van der Waals surface area contributed by atoms with Crippen LogP contribution in [0.5, 0.6) is 0 Å². The van der Waals surface area contributed by atoms with Gasteiger partial charge >= 0.3 is 0 Å². The Kier molecular flexibility index (Phi) is 6.98. The zero-order chi connectivity index (χ0) is 38.5. The third-order valence-corrected chi connectivity index (χ3v) is 12.6. The molecule has 12 rings (SSSR count). The second-order valence-electron chi connectivity index (χ2n) is 16.1. The van der Waals surface area contributed by atoms with Gasteiger partial charge in [0, 0.05) is 54.7 Å². The van der Waals surface area contributed by atoms with Gasteiger partial charge in [-0.15, -0.1) is 0 Å². The number of anilines is 3. The number of benzene rings is 9. The van der Waals surface area contributed by atoms with Gasteiger partial charge in [0.05, 0.1) is 22.4 Å². The maximum atomic E-state index is 6.47. The zero-order valence-corrected chi connectivity index (χ0v) is 32.3. The first-order valence-electron chi connectivity index (χ1n) is 20.1. The third-order valence-electron chi connectivity index (χ3n) is 12.6. The molecule has 3 heteroatoms. The summed E-state index contributed by atoms with van der Waals surface area (Å²) in [6.45, 7) is 4.71. The highest BCUT2D eigenvalue weighted by atomic mass is 16.3. The molecule has 0 amide bonds. The molecule has 0 unspecified atom stereocenters. The van der Waals surface area contributed by atoms with E-state index in [1.165, 1.54) is 54.8 Å². The Morgan fingerprint density at radius 1 is 0.431 bits per heavy atom. The van der Waals surface area contributed by atoms with Crippen LogP contribution in [0.1, 0.15) is 25.0 Å². The minimum atomic E-state index is -0.134. The monoisotopic (exact) mass is 742 g/mol. The molecule has 3 nitrogen and oxygen atoms in total. The van der Waals surface area contributed by atoms with Crippen LogP contribution in [0, 0.1) is 0 Å². The van der Waals surface area contributed by atoms with E-state index in [-0.39, 0.29) is 5.41 Å². The van der Waals surface area contributed by atoms with Crippen LogP contribution in [-0.4, -0.2) is 4.57 Å². The summed E-state index contributed by atoms with van der Waals surface area (Å²) in [6.07, 6.45) is 0. The van der Waals surface area contributed by atoms with E-state index in [9.17, 15) is 0 Å². The van der Waals surface area contributed by atoms with E-state index in [1.54, 1.807) is 0 Å². The predicted molar refractivity (Wildman–Crippen MR) is 243 cm³/mol. The normalized spacial score (nSPS) is 13.1. The molecule has 9 aromatic carbocycles. The van der Waals surface area contributed by atoms with Crippen molar-refractivity contribution in [1.82, 2.24) is 4.57 Å². The molecule has 0 N–H and O–H groups in total. The Hall–Kier alpha value is -7.36. The molecule has 1 aliphatic rings. The standard InChI is InChI=1S/C55H38N2O/c1-55(2)47-22-9-5-14-39(47)40-31-30-37(34-48(40)55)56(36-28-26-35(27-29-36)38-20-13-21-46-45-19-8-12-25-53(45)58-54(38)46)51-32-33-52(44-16-4-3-15-43(44)51)57-49-23-10-6-17-41(49)42-18-7-11-24-50(42)57/h3-34H,1-2H3. The molecule has 0 fully saturated rings. The Bertz CT molecular complexity index is 3380. The second kappa shape index (κ2) is 12.3. The topological polar surface area (TPSA) is 21.3 Å². The molecule has 274 valence electrons. The molecule has 0 aliphatic heterocycles. The molecule has 11 aromatic rings. The van der Waals surface area contributed by atoms with E-state index in [0.29, 0.717) is 0 Å². The van der Waals surface area contributed by atoms with Crippen molar-refractivity contribution in [2.75, 3.05) is 4.90 Å². The first kappa shape index (κ1) is 32.8. The summed E-state index contributed by atoms with van der Waals surface area (Å²) in [4.78, 5) is 2.45. The maximum Gasteiger partial charge on any atom is 0.143 e. The molecular weight excluding hydrogens is 705 g/mol. The van der Waals surface area contributed by atoms with Crippen LogP contribution in [0.25, 0.3) is 82.5 Å². The van der Waals surface area contributed by atoms with Crippen LogP contribution in [0.15, 0.2) is 199 Å². The molecule has 0 saturated heterocycles. The molecule has 58 heavy (non-hydrogen) atoms. The van der Waals surface area contributed by atoms with Crippen LogP contribution in [-0.2, 0) is 5.41 Å². The lowest BCUT2D eigenvalue weighted by Gasteiger charge is -2.29. The Morgan fingerprint density at radius 2 is 1.02 bits per heavy atom. The molecule has 0 spiro atoms. The fourth-order valence-electron chi connectivity index (χ4n) is 9.86. The van der Waals surface area contributed by atoms with Crippen molar-refractivity contribution in [1.29, 1.82) is 0 Å². The molecule has 2 aromatic heterocycles. The van der Waals surface area contributed by atoms with E-state index in [4.69, 9.17) is 4.42 Å². The van der Waals surface area contributed by atoms with Gasteiger partial charge in [-0.2, -0.15) is 0 Å². The Labute approximate surface area is 336 Å². The van der Waals surface area contributed by atoms with E-state index in [1.807, 2.05) is 12.1 Å². The predicted octanol–water partition coefficient (Wildman–Crippen LogP) is 15.3. The van der Waals surface area contributed by atoms with E-state index in [0.717, 1.165) is 55.8 Å². The summed E-state index contributed by atoms with van der Waals surface area (Å²) in [5.41, 5.74) is 16.2. The Morgan fingerprint density at radius 3 is 1.79 bits per heavy atom. The maximum absolute atomic E-state index is 6.47. The zero-order valence-electron chi connectivity index (χ0n) is 32.3. The number of fused-ring (bicyclic) bond motifs is 10. The molecular formula is C55H38N2O. The van der Waals surface area contributed by atoms with Gasteiger partial charge in [-0.1, -0.05) is 153 Å². The average Bonchev–Trinajstić information content (AvgIpc) is 3.90. The van der Waals surface area contributed by atoms with Crippen molar-refractivity contribution in [3.05, 3.63) is 205 Å². The van der Waals surface area contributed by atoms with Gasteiger partial charge in [0.15, 0.2) is 0 Å². The van der Waals surface area contributed by atoms with Crippen LogP contribution in [0.3, 0.4) is 0 Å². The van der Waals surface area contributed by atoms with Crippen molar-refractivity contribution in [2.45, 2.75) is 19.3 Å². The van der Waals surface area contributed by atoms with Crippen molar-refractivity contribution in [3.8, 4) is 27.9 Å². The first-order chi connectivity index (χ1) is 28.5.